The lowest BCUT2D eigenvalue weighted by atomic mass is 10.3. The molecule has 0 saturated heterocycles. The SMILES string of the molecule is Cn1cccc1/C=N\Nc1cccc(F)c1. The van der Waals surface area contributed by atoms with Gasteiger partial charge in [-0.25, -0.2) is 4.39 Å². The van der Waals surface area contributed by atoms with Crippen molar-refractivity contribution in [3.8, 4) is 0 Å². The molecular formula is C12H12FN3. The minimum absolute atomic E-state index is 0.279. The third kappa shape index (κ3) is 2.48. The molecular weight excluding hydrogens is 205 g/mol. The summed E-state index contributed by atoms with van der Waals surface area (Å²) in [7, 11) is 1.93. The quantitative estimate of drug-likeness (QED) is 0.621. The Bertz CT molecular complexity index is 502. The van der Waals surface area contributed by atoms with Gasteiger partial charge in [0, 0.05) is 13.2 Å². The van der Waals surface area contributed by atoms with Gasteiger partial charge in [0.25, 0.3) is 0 Å². The summed E-state index contributed by atoms with van der Waals surface area (Å²) in [5.41, 5.74) is 4.37. The van der Waals surface area contributed by atoms with Gasteiger partial charge >= 0.3 is 0 Å². The molecule has 0 aliphatic rings. The zero-order chi connectivity index (χ0) is 11.4. The molecule has 0 bridgehead atoms. The van der Waals surface area contributed by atoms with Crippen LogP contribution in [0.1, 0.15) is 5.69 Å². The van der Waals surface area contributed by atoms with Crippen LogP contribution in [0.3, 0.4) is 0 Å². The van der Waals surface area contributed by atoms with E-state index >= 15 is 0 Å². The van der Waals surface area contributed by atoms with Gasteiger partial charge in [-0.3, -0.25) is 5.43 Å². The van der Waals surface area contributed by atoms with Crippen molar-refractivity contribution in [1.29, 1.82) is 0 Å². The van der Waals surface area contributed by atoms with Gasteiger partial charge < -0.3 is 4.57 Å². The summed E-state index contributed by atoms with van der Waals surface area (Å²) in [6.45, 7) is 0. The van der Waals surface area contributed by atoms with Crippen LogP contribution < -0.4 is 5.43 Å². The molecule has 2 aromatic rings. The Morgan fingerprint density at radius 3 is 2.88 bits per heavy atom. The van der Waals surface area contributed by atoms with Crippen LogP contribution in [0.4, 0.5) is 10.1 Å². The number of nitrogens with one attached hydrogen (secondary N) is 1. The average molecular weight is 217 g/mol. The summed E-state index contributed by atoms with van der Waals surface area (Å²) >= 11 is 0. The smallest absolute Gasteiger partial charge is 0.125 e. The number of nitrogens with zero attached hydrogens (tertiary/aromatic N) is 2. The molecule has 3 nitrogen and oxygen atoms in total. The number of hydrazone groups is 1. The van der Waals surface area contributed by atoms with E-state index in [1.54, 1.807) is 18.3 Å². The van der Waals surface area contributed by atoms with Crippen molar-refractivity contribution in [3.05, 3.63) is 54.1 Å². The van der Waals surface area contributed by atoms with E-state index in [0.717, 1.165) is 5.69 Å². The first-order chi connectivity index (χ1) is 7.75. The van der Waals surface area contributed by atoms with Gasteiger partial charge in [0.05, 0.1) is 17.6 Å². The van der Waals surface area contributed by atoms with Gasteiger partial charge in [0.15, 0.2) is 0 Å². The predicted octanol–water partition coefficient (Wildman–Crippen LogP) is 2.61. The van der Waals surface area contributed by atoms with Crippen molar-refractivity contribution >= 4 is 11.9 Å². The van der Waals surface area contributed by atoms with Crippen LogP contribution in [0.5, 0.6) is 0 Å². The molecule has 1 aromatic heterocycles. The highest BCUT2D eigenvalue weighted by atomic mass is 19.1. The number of benzene rings is 1. The van der Waals surface area contributed by atoms with E-state index in [1.807, 2.05) is 29.9 Å². The van der Waals surface area contributed by atoms with Gasteiger partial charge in [0.2, 0.25) is 0 Å². The van der Waals surface area contributed by atoms with E-state index in [1.165, 1.54) is 12.1 Å². The van der Waals surface area contributed by atoms with Crippen LogP contribution in [0.25, 0.3) is 0 Å². The molecule has 1 heterocycles. The Labute approximate surface area is 93.2 Å². The van der Waals surface area contributed by atoms with Gasteiger partial charge in [0.1, 0.15) is 5.82 Å². The third-order valence-corrected chi connectivity index (χ3v) is 2.20. The molecule has 4 heteroatoms. The normalized spacial score (nSPS) is 10.9. The molecule has 82 valence electrons. The largest absolute Gasteiger partial charge is 0.350 e. The van der Waals surface area contributed by atoms with Crippen LogP contribution in [0, 0.1) is 5.82 Å². The molecule has 0 radical (unpaired) electrons. The van der Waals surface area contributed by atoms with Crippen molar-refractivity contribution < 1.29 is 4.39 Å². The van der Waals surface area contributed by atoms with E-state index in [-0.39, 0.29) is 5.82 Å². The summed E-state index contributed by atoms with van der Waals surface area (Å²) in [5, 5.41) is 4.02. The maximum absolute atomic E-state index is 12.8. The van der Waals surface area contributed by atoms with Crippen molar-refractivity contribution in [2.24, 2.45) is 12.1 Å². The summed E-state index contributed by atoms with van der Waals surface area (Å²) < 4.78 is 14.8. The van der Waals surface area contributed by atoms with Crippen LogP contribution in [-0.2, 0) is 7.05 Å². The molecule has 16 heavy (non-hydrogen) atoms. The van der Waals surface area contributed by atoms with Gasteiger partial charge in [-0.2, -0.15) is 5.10 Å². The van der Waals surface area contributed by atoms with Crippen LogP contribution in [-0.4, -0.2) is 10.8 Å². The second kappa shape index (κ2) is 4.61. The fraction of sp³-hybridized carbons (Fsp3) is 0.0833. The number of hydrogen-bond acceptors (Lipinski definition) is 2. The van der Waals surface area contributed by atoms with E-state index in [4.69, 9.17) is 0 Å². The summed E-state index contributed by atoms with van der Waals surface area (Å²) in [5.74, 6) is -0.279. The molecule has 1 aromatic carbocycles. The molecule has 0 spiro atoms. The molecule has 0 unspecified atom stereocenters. The van der Waals surface area contributed by atoms with Crippen molar-refractivity contribution in [2.75, 3.05) is 5.43 Å². The molecule has 0 amide bonds. The Hall–Kier alpha value is -2.10. The minimum Gasteiger partial charge on any atom is -0.350 e. The van der Waals surface area contributed by atoms with Crippen LogP contribution in [0.15, 0.2) is 47.7 Å². The minimum atomic E-state index is -0.279. The lowest BCUT2D eigenvalue weighted by Gasteiger charge is -1.99. The first-order valence-corrected chi connectivity index (χ1v) is 4.92. The lowest BCUT2D eigenvalue weighted by Crippen LogP contribution is -1.95. The van der Waals surface area contributed by atoms with Gasteiger partial charge in [-0.15, -0.1) is 0 Å². The first-order valence-electron chi connectivity index (χ1n) is 4.92. The number of halogens is 1. The van der Waals surface area contributed by atoms with Crippen LogP contribution in [0.2, 0.25) is 0 Å². The molecule has 0 fully saturated rings. The number of hydrogen-bond donors (Lipinski definition) is 1. The molecule has 0 atom stereocenters. The van der Waals surface area contributed by atoms with E-state index in [9.17, 15) is 4.39 Å². The highest BCUT2D eigenvalue weighted by Crippen LogP contribution is 2.08. The Balaban J connectivity index is 2.02. The van der Waals surface area contributed by atoms with E-state index in [0.29, 0.717) is 5.69 Å². The van der Waals surface area contributed by atoms with Crippen molar-refractivity contribution in [1.82, 2.24) is 4.57 Å². The van der Waals surface area contributed by atoms with Gasteiger partial charge in [-0.1, -0.05) is 6.07 Å². The van der Waals surface area contributed by atoms with Crippen molar-refractivity contribution in [3.63, 3.8) is 0 Å². The first kappa shape index (κ1) is 10.4. The fourth-order valence-corrected chi connectivity index (χ4v) is 1.34. The number of aromatic nitrogens is 1. The van der Waals surface area contributed by atoms with E-state index < -0.39 is 0 Å². The molecule has 0 saturated carbocycles. The number of rotatable bonds is 3. The monoisotopic (exact) mass is 217 g/mol. The number of aryl methyl sites for hydroxylation is 1. The summed E-state index contributed by atoms with van der Waals surface area (Å²) in [6, 6.07) is 10.1. The Morgan fingerprint density at radius 1 is 1.31 bits per heavy atom. The predicted molar refractivity (Wildman–Crippen MR) is 63.0 cm³/mol. The number of anilines is 1. The second-order valence-corrected chi connectivity index (χ2v) is 3.42. The summed E-state index contributed by atoms with van der Waals surface area (Å²) in [6.07, 6.45) is 3.62. The maximum atomic E-state index is 12.8. The molecule has 0 aliphatic heterocycles. The standard InChI is InChI=1S/C12H12FN3/c1-16-7-3-6-12(16)9-14-15-11-5-2-4-10(13)8-11/h2-9,15H,1H3/b14-9-. The second-order valence-electron chi connectivity index (χ2n) is 3.42. The third-order valence-electron chi connectivity index (χ3n) is 2.20. The van der Waals surface area contributed by atoms with Crippen molar-refractivity contribution in [2.45, 2.75) is 0 Å². The molecule has 2 rings (SSSR count). The zero-order valence-electron chi connectivity index (χ0n) is 8.89. The lowest BCUT2D eigenvalue weighted by molar-refractivity contribution is 0.628. The van der Waals surface area contributed by atoms with Crippen LogP contribution >= 0.6 is 0 Å². The zero-order valence-corrected chi connectivity index (χ0v) is 8.89. The fourth-order valence-electron chi connectivity index (χ4n) is 1.34. The molecule has 0 aliphatic carbocycles. The topological polar surface area (TPSA) is 29.3 Å². The van der Waals surface area contributed by atoms with E-state index in [2.05, 4.69) is 10.5 Å². The Kier molecular flexibility index (Phi) is 3.00. The molecule has 1 N–H and O–H groups in total. The Morgan fingerprint density at radius 2 is 2.19 bits per heavy atom. The highest BCUT2D eigenvalue weighted by molar-refractivity contribution is 5.78. The summed E-state index contributed by atoms with van der Waals surface area (Å²) in [4.78, 5) is 0. The highest BCUT2D eigenvalue weighted by Gasteiger charge is 1.93. The maximum Gasteiger partial charge on any atom is 0.125 e. The average Bonchev–Trinajstić information content (AvgIpc) is 2.65. The van der Waals surface area contributed by atoms with Gasteiger partial charge in [-0.05, 0) is 30.3 Å².